The van der Waals surface area contributed by atoms with Gasteiger partial charge < -0.3 is 20.0 Å². The monoisotopic (exact) mass is 372 g/mol. The molecule has 2 aliphatic heterocycles. The number of aliphatic hydroxyl groups is 1. The predicted molar refractivity (Wildman–Crippen MR) is 89.3 cm³/mol. The number of halogens is 2. The molecule has 0 unspecified atom stereocenters. The van der Waals surface area contributed by atoms with E-state index in [4.69, 9.17) is 28.3 Å². The van der Waals surface area contributed by atoms with E-state index in [1.807, 2.05) is 0 Å². The molecule has 0 aromatic heterocycles. The van der Waals surface area contributed by atoms with E-state index in [9.17, 15) is 14.7 Å². The minimum absolute atomic E-state index is 0.0299. The van der Waals surface area contributed by atoms with Crippen LogP contribution in [0.3, 0.4) is 0 Å². The molecular formula is C16H18Cl2N2O4. The first-order chi connectivity index (χ1) is 11.4. The highest BCUT2D eigenvalue weighted by Crippen LogP contribution is 2.42. The number of fused-ring (bicyclic) bond motifs is 1. The molecule has 2 amide bonds. The Bertz CT molecular complexity index is 682. The molecule has 2 fully saturated rings. The Kier molecular flexibility index (Phi) is 4.90. The molecule has 1 aromatic carbocycles. The second-order valence-corrected chi connectivity index (χ2v) is 6.99. The number of phenols is 1. The highest BCUT2D eigenvalue weighted by molar-refractivity contribution is 6.42. The molecule has 0 radical (unpaired) electrons. The molecule has 0 spiro atoms. The molecule has 2 N–H and O–H groups in total. The first-order valence-corrected chi connectivity index (χ1v) is 8.53. The van der Waals surface area contributed by atoms with Crippen LogP contribution in [0.25, 0.3) is 0 Å². The zero-order valence-electron chi connectivity index (χ0n) is 12.9. The number of benzene rings is 1. The van der Waals surface area contributed by atoms with Gasteiger partial charge in [0.1, 0.15) is 12.4 Å². The van der Waals surface area contributed by atoms with E-state index >= 15 is 0 Å². The quantitative estimate of drug-likeness (QED) is 0.826. The third-order valence-corrected chi connectivity index (χ3v) is 5.61. The summed E-state index contributed by atoms with van der Waals surface area (Å²) in [5.74, 6) is -0.609. The van der Waals surface area contributed by atoms with Crippen molar-refractivity contribution in [2.75, 3.05) is 26.2 Å². The predicted octanol–water partition coefficient (Wildman–Crippen LogP) is 1.61. The van der Waals surface area contributed by atoms with Gasteiger partial charge in [0.05, 0.1) is 16.6 Å². The van der Waals surface area contributed by atoms with Crippen LogP contribution in [0.5, 0.6) is 5.75 Å². The second-order valence-electron chi connectivity index (χ2n) is 6.20. The van der Waals surface area contributed by atoms with Crippen LogP contribution in [-0.2, 0) is 9.59 Å². The number of nitrogens with zero attached hydrogens (tertiary/aromatic N) is 2. The molecule has 130 valence electrons. The number of phenolic OH excluding ortho intramolecular Hbond substituents is 1. The third kappa shape index (κ3) is 3.06. The molecule has 2 saturated heterocycles. The lowest BCUT2D eigenvalue weighted by atomic mass is 9.85. The fraction of sp³-hybridized carbons (Fsp3) is 0.500. The summed E-state index contributed by atoms with van der Waals surface area (Å²) < 4.78 is 0. The number of piperazine rings is 1. The molecule has 6 nitrogen and oxygen atoms in total. The van der Waals surface area contributed by atoms with E-state index in [0.717, 1.165) is 6.42 Å². The first-order valence-electron chi connectivity index (χ1n) is 7.77. The van der Waals surface area contributed by atoms with Crippen molar-refractivity contribution >= 4 is 35.0 Å². The van der Waals surface area contributed by atoms with Gasteiger partial charge in [-0.05, 0) is 25.0 Å². The number of hydrogen-bond acceptors (Lipinski definition) is 4. The average molecular weight is 373 g/mol. The van der Waals surface area contributed by atoms with Crippen molar-refractivity contribution in [1.29, 1.82) is 0 Å². The van der Waals surface area contributed by atoms with Crippen molar-refractivity contribution in [2.24, 2.45) is 0 Å². The van der Waals surface area contributed by atoms with Crippen molar-refractivity contribution in [1.82, 2.24) is 9.80 Å². The van der Waals surface area contributed by atoms with Gasteiger partial charge in [0, 0.05) is 30.6 Å². The summed E-state index contributed by atoms with van der Waals surface area (Å²) >= 11 is 12.3. The van der Waals surface area contributed by atoms with E-state index in [1.54, 1.807) is 11.0 Å². The van der Waals surface area contributed by atoms with Crippen molar-refractivity contribution < 1.29 is 19.8 Å². The Balaban J connectivity index is 1.80. The smallest absolute Gasteiger partial charge is 0.248 e. The van der Waals surface area contributed by atoms with E-state index in [0.29, 0.717) is 35.1 Å². The highest BCUT2D eigenvalue weighted by atomic mass is 35.5. The summed E-state index contributed by atoms with van der Waals surface area (Å²) in [6, 6.07) is 2.98. The van der Waals surface area contributed by atoms with E-state index < -0.39 is 12.5 Å². The summed E-state index contributed by atoms with van der Waals surface area (Å²) in [5, 5.41) is 19.8. The third-order valence-electron chi connectivity index (χ3n) is 4.79. The topological polar surface area (TPSA) is 81.1 Å². The molecule has 0 bridgehead atoms. The van der Waals surface area contributed by atoms with E-state index in [-0.39, 0.29) is 30.2 Å². The Morgan fingerprint density at radius 1 is 1.25 bits per heavy atom. The van der Waals surface area contributed by atoms with Crippen LogP contribution >= 0.6 is 23.2 Å². The van der Waals surface area contributed by atoms with Crippen molar-refractivity contribution in [3.05, 3.63) is 27.7 Å². The van der Waals surface area contributed by atoms with Gasteiger partial charge in [-0.15, -0.1) is 0 Å². The van der Waals surface area contributed by atoms with Crippen LogP contribution in [0.4, 0.5) is 0 Å². The highest BCUT2D eigenvalue weighted by Gasteiger charge is 2.39. The van der Waals surface area contributed by atoms with Crippen LogP contribution in [0, 0.1) is 0 Å². The maximum Gasteiger partial charge on any atom is 0.248 e. The van der Waals surface area contributed by atoms with Gasteiger partial charge in [0.15, 0.2) is 0 Å². The molecule has 2 atom stereocenters. The number of piperidine rings is 1. The number of hydrogen-bond donors (Lipinski definition) is 2. The SMILES string of the molecule is O=C(CO)N1CC(=O)N2C[C@H](c3c(O)ccc(Cl)c3Cl)CC[C@@H]2C1. The number of carbonyl (C=O) groups excluding carboxylic acids is 2. The van der Waals surface area contributed by atoms with Gasteiger partial charge in [-0.1, -0.05) is 23.2 Å². The zero-order chi connectivity index (χ0) is 17.4. The van der Waals surface area contributed by atoms with E-state index in [2.05, 4.69) is 0 Å². The van der Waals surface area contributed by atoms with Gasteiger partial charge in [0.25, 0.3) is 0 Å². The fourth-order valence-corrected chi connectivity index (χ4v) is 4.04. The summed E-state index contributed by atoms with van der Waals surface area (Å²) in [4.78, 5) is 27.2. The van der Waals surface area contributed by atoms with Gasteiger partial charge in [-0.3, -0.25) is 9.59 Å². The van der Waals surface area contributed by atoms with Crippen molar-refractivity contribution in [3.63, 3.8) is 0 Å². The van der Waals surface area contributed by atoms with Crippen LogP contribution in [0.1, 0.15) is 24.3 Å². The number of aromatic hydroxyl groups is 1. The Morgan fingerprint density at radius 2 is 2.00 bits per heavy atom. The van der Waals surface area contributed by atoms with Gasteiger partial charge >= 0.3 is 0 Å². The van der Waals surface area contributed by atoms with Gasteiger partial charge in [-0.2, -0.15) is 0 Å². The van der Waals surface area contributed by atoms with Crippen LogP contribution in [0.15, 0.2) is 12.1 Å². The molecule has 0 aliphatic carbocycles. The maximum absolute atomic E-state index is 12.4. The zero-order valence-corrected chi connectivity index (χ0v) is 14.4. The Morgan fingerprint density at radius 3 is 2.71 bits per heavy atom. The van der Waals surface area contributed by atoms with Crippen LogP contribution in [0.2, 0.25) is 10.0 Å². The second kappa shape index (κ2) is 6.78. The lowest BCUT2D eigenvalue weighted by Crippen LogP contribution is -2.60. The molecule has 24 heavy (non-hydrogen) atoms. The molecule has 2 heterocycles. The molecule has 0 saturated carbocycles. The lowest BCUT2D eigenvalue weighted by Gasteiger charge is -2.46. The van der Waals surface area contributed by atoms with Crippen molar-refractivity contribution in [3.8, 4) is 5.75 Å². The summed E-state index contributed by atoms with van der Waals surface area (Å²) in [6.07, 6.45) is 1.41. The number of amides is 2. The molecule has 8 heteroatoms. The minimum atomic E-state index is -0.589. The first kappa shape index (κ1) is 17.3. The summed E-state index contributed by atoms with van der Waals surface area (Å²) in [7, 11) is 0. The van der Waals surface area contributed by atoms with Gasteiger partial charge in [-0.25, -0.2) is 0 Å². The largest absolute Gasteiger partial charge is 0.508 e. The number of rotatable bonds is 2. The maximum atomic E-state index is 12.4. The Hall–Kier alpha value is -1.50. The van der Waals surface area contributed by atoms with E-state index in [1.165, 1.54) is 11.0 Å². The van der Waals surface area contributed by atoms with Crippen LogP contribution < -0.4 is 0 Å². The van der Waals surface area contributed by atoms with Crippen molar-refractivity contribution in [2.45, 2.75) is 24.8 Å². The normalized spacial score (nSPS) is 24.0. The molecule has 2 aliphatic rings. The fourth-order valence-electron chi connectivity index (χ4n) is 3.57. The Labute approximate surface area is 149 Å². The van der Waals surface area contributed by atoms with Gasteiger partial charge in [0.2, 0.25) is 11.8 Å². The molecular weight excluding hydrogens is 355 g/mol. The molecule has 3 rings (SSSR count). The minimum Gasteiger partial charge on any atom is -0.508 e. The average Bonchev–Trinajstić information content (AvgIpc) is 2.58. The van der Waals surface area contributed by atoms with Crippen LogP contribution in [-0.4, -0.2) is 64.1 Å². The summed E-state index contributed by atoms with van der Waals surface area (Å²) in [6.45, 7) is 0.234. The number of carbonyl (C=O) groups is 2. The standard InChI is InChI=1S/C16H18Cl2N2O4/c17-11-3-4-12(22)15(16(11)18)9-1-2-10-6-19(14(24)8-21)7-13(23)20(10)5-9/h3-4,9-10,21-22H,1-2,5-8H2/t9-,10-/m1/s1. The lowest BCUT2D eigenvalue weighted by molar-refractivity contribution is -0.151. The number of aliphatic hydroxyl groups excluding tert-OH is 1. The summed E-state index contributed by atoms with van der Waals surface area (Å²) in [5.41, 5.74) is 0.573. The molecule has 1 aromatic rings.